The minimum absolute atomic E-state index is 0.0387. The second kappa shape index (κ2) is 6.70. The number of urea groups is 1. The van der Waals surface area contributed by atoms with E-state index in [9.17, 15) is 9.18 Å². The molecule has 0 bridgehead atoms. The molecule has 5 heteroatoms. The minimum atomic E-state index is -0.256. The highest BCUT2D eigenvalue weighted by atomic mass is 19.1. The topological polar surface area (TPSA) is 45.5 Å². The third-order valence-corrected chi connectivity index (χ3v) is 5.55. The van der Waals surface area contributed by atoms with Crippen LogP contribution in [-0.2, 0) is 13.0 Å². The van der Waals surface area contributed by atoms with Crippen molar-refractivity contribution < 1.29 is 13.6 Å². The fraction of sp³-hybridized carbons (Fsp3) is 0.500. The smallest absolute Gasteiger partial charge is 0.318 e. The number of furan rings is 1. The predicted octanol–water partition coefficient (Wildman–Crippen LogP) is 5.11. The van der Waals surface area contributed by atoms with Crippen LogP contribution in [0.4, 0.5) is 9.18 Å². The van der Waals surface area contributed by atoms with Gasteiger partial charge in [0, 0.05) is 24.6 Å². The van der Waals surface area contributed by atoms with E-state index < -0.39 is 0 Å². The van der Waals surface area contributed by atoms with Gasteiger partial charge in [-0.05, 0) is 55.4 Å². The zero-order valence-electron chi connectivity index (χ0n) is 16.2. The van der Waals surface area contributed by atoms with Gasteiger partial charge in [0.05, 0.1) is 6.04 Å². The molecule has 1 aromatic heterocycles. The molecule has 144 valence electrons. The number of aryl methyl sites for hydroxylation is 1. The van der Waals surface area contributed by atoms with Crippen molar-refractivity contribution in [1.82, 2.24) is 10.2 Å². The molecule has 2 aliphatic rings. The van der Waals surface area contributed by atoms with Gasteiger partial charge in [0.1, 0.15) is 17.3 Å². The van der Waals surface area contributed by atoms with Gasteiger partial charge in [-0.15, -0.1) is 0 Å². The first-order valence-electron chi connectivity index (χ1n) is 9.71. The molecule has 0 saturated heterocycles. The van der Waals surface area contributed by atoms with Crippen molar-refractivity contribution in [2.75, 3.05) is 0 Å². The molecule has 1 fully saturated rings. The summed E-state index contributed by atoms with van der Waals surface area (Å²) < 4.78 is 19.1. The van der Waals surface area contributed by atoms with E-state index in [0.717, 1.165) is 48.3 Å². The Labute approximate surface area is 159 Å². The number of benzene rings is 1. The lowest BCUT2D eigenvalue weighted by Gasteiger charge is -2.36. The molecule has 2 aromatic rings. The Bertz CT molecular complexity index is 836. The summed E-state index contributed by atoms with van der Waals surface area (Å²) in [6, 6.07) is 8.63. The highest BCUT2D eigenvalue weighted by Crippen LogP contribution is 2.42. The summed E-state index contributed by atoms with van der Waals surface area (Å²) in [6.07, 6.45) is 3.84. The van der Waals surface area contributed by atoms with Crippen molar-refractivity contribution in [2.24, 2.45) is 5.41 Å². The molecular formula is C22H27FN2O2. The number of halogens is 1. The fourth-order valence-electron chi connectivity index (χ4n) is 4.08. The maximum atomic E-state index is 13.2. The summed E-state index contributed by atoms with van der Waals surface area (Å²) in [4.78, 5) is 15.0. The second-order valence-corrected chi connectivity index (χ2v) is 8.77. The Hall–Kier alpha value is -2.30. The van der Waals surface area contributed by atoms with E-state index in [0.29, 0.717) is 6.54 Å². The van der Waals surface area contributed by atoms with Crippen LogP contribution in [0.1, 0.15) is 61.8 Å². The van der Waals surface area contributed by atoms with Gasteiger partial charge in [-0.25, -0.2) is 9.18 Å². The molecule has 27 heavy (non-hydrogen) atoms. The molecule has 1 atom stereocenters. The first kappa shape index (κ1) is 18.1. The van der Waals surface area contributed by atoms with E-state index in [1.165, 1.54) is 12.1 Å². The second-order valence-electron chi connectivity index (χ2n) is 8.77. The van der Waals surface area contributed by atoms with Gasteiger partial charge in [-0.3, -0.25) is 0 Å². The summed E-state index contributed by atoms with van der Waals surface area (Å²) in [5.74, 6) is 1.63. The van der Waals surface area contributed by atoms with Crippen LogP contribution in [0, 0.1) is 18.2 Å². The van der Waals surface area contributed by atoms with Crippen LogP contribution >= 0.6 is 0 Å². The molecule has 4 nitrogen and oxygen atoms in total. The summed E-state index contributed by atoms with van der Waals surface area (Å²) in [5.41, 5.74) is 2.14. The normalized spacial score (nSPS) is 20.8. The SMILES string of the molecule is Cc1cc2c(o1)CC(C)(C)CC2NC(=O)N(Cc1ccc(F)cc1)C1CC1. The zero-order valence-corrected chi connectivity index (χ0v) is 16.2. The van der Waals surface area contributed by atoms with Crippen LogP contribution in [0.25, 0.3) is 0 Å². The largest absolute Gasteiger partial charge is 0.466 e. The molecule has 0 radical (unpaired) electrons. The number of carbonyl (C=O) groups is 1. The van der Waals surface area contributed by atoms with Crippen molar-refractivity contribution in [3.05, 3.63) is 58.8 Å². The average Bonchev–Trinajstić information content (AvgIpc) is 3.35. The van der Waals surface area contributed by atoms with Gasteiger partial charge in [-0.2, -0.15) is 0 Å². The standard InChI is InChI=1S/C22H27FN2O2/c1-14-10-18-19(11-22(2,3)12-20(18)27-14)24-21(26)25(17-8-9-17)13-15-4-6-16(23)7-5-15/h4-7,10,17,19H,8-9,11-13H2,1-3H3,(H,24,26). The van der Waals surface area contributed by atoms with Gasteiger partial charge in [0.15, 0.2) is 0 Å². The predicted molar refractivity (Wildman–Crippen MR) is 102 cm³/mol. The van der Waals surface area contributed by atoms with Crippen LogP contribution in [0.3, 0.4) is 0 Å². The molecule has 2 amide bonds. The molecule has 2 aliphatic carbocycles. The number of hydrogen-bond donors (Lipinski definition) is 1. The molecule has 1 saturated carbocycles. The highest BCUT2D eigenvalue weighted by molar-refractivity contribution is 5.75. The van der Waals surface area contributed by atoms with Gasteiger partial charge in [-0.1, -0.05) is 26.0 Å². The number of carbonyl (C=O) groups excluding carboxylic acids is 1. The maximum Gasteiger partial charge on any atom is 0.318 e. The Balaban J connectivity index is 1.52. The third-order valence-electron chi connectivity index (χ3n) is 5.55. The van der Waals surface area contributed by atoms with Gasteiger partial charge in [0.2, 0.25) is 0 Å². The summed E-state index contributed by atoms with van der Waals surface area (Å²) in [7, 11) is 0. The lowest BCUT2D eigenvalue weighted by Crippen LogP contribution is -2.44. The lowest BCUT2D eigenvalue weighted by molar-refractivity contribution is 0.176. The quantitative estimate of drug-likeness (QED) is 0.812. The molecule has 4 rings (SSSR count). The van der Waals surface area contributed by atoms with Crippen molar-refractivity contribution in [2.45, 2.75) is 65.1 Å². The van der Waals surface area contributed by atoms with Gasteiger partial charge >= 0.3 is 6.03 Å². The van der Waals surface area contributed by atoms with Crippen LogP contribution in [-0.4, -0.2) is 17.0 Å². The maximum absolute atomic E-state index is 13.2. The van der Waals surface area contributed by atoms with E-state index in [4.69, 9.17) is 4.42 Å². The summed E-state index contributed by atoms with van der Waals surface area (Å²) in [6.45, 7) is 6.88. The summed E-state index contributed by atoms with van der Waals surface area (Å²) in [5, 5.41) is 3.25. The monoisotopic (exact) mass is 370 g/mol. The number of rotatable bonds is 4. The van der Waals surface area contributed by atoms with Crippen molar-refractivity contribution in [3.8, 4) is 0 Å². The van der Waals surface area contributed by atoms with Gasteiger partial charge in [0.25, 0.3) is 0 Å². The number of fused-ring (bicyclic) bond motifs is 1. The Kier molecular flexibility index (Phi) is 4.49. The minimum Gasteiger partial charge on any atom is -0.466 e. The van der Waals surface area contributed by atoms with Crippen LogP contribution in [0.5, 0.6) is 0 Å². The van der Waals surface area contributed by atoms with Crippen molar-refractivity contribution in [3.63, 3.8) is 0 Å². The van der Waals surface area contributed by atoms with Crippen molar-refractivity contribution in [1.29, 1.82) is 0 Å². The van der Waals surface area contributed by atoms with E-state index in [1.54, 1.807) is 12.1 Å². The number of nitrogens with zero attached hydrogens (tertiary/aromatic N) is 1. The number of hydrogen-bond acceptors (Lipinski definition) is 2. The van der Waals surface area contributed by atoms with Crippen molar-refractivity contribution >= 4 is 6.03 Å². The van der Waals surface area contributed by atoms with E-state index in [1.807, 2.05) is 11.8 Å². The Morgan fingerprint density at radius 3 is 2.67 bits per heavy atom. The number of amides is 2. The zero-order chi connectivity index (χ0) is 19.2. The molecular weight excluding hydrogens is 343 g/mol. The summed E-state index contributed by atoms with van der Waals surface area (Å²) >= 11 is 0. The van der Waals surface area contributed by atoms with E-state index >= 15 is 0 Å². The molecule has 1 N–H and O–H groups in total. The first-order chi connectivity index (χ1) is 12.8. The fourth-order valence-corrected chi connectivity index (χ4v) is 4.08. The van der Waals surface area contributed by atoms with E-state index in [-0.39, 0.29) is 29.3 Å². The Morgan fingerprint density at radius 1 is 1.30 bits per heavy atom. The van der Waals surface area contributed by atoms with Crippen LogP contribution in [0.15, 0.2) is 34.7 Å². The molecule has 0 aliphatic heterocycles. The van der Waals surface area contributed by atoms with Crippen LogP contribution < -0.4 is 5.32 Å². The van der Waals surface area contributed by atoms with E-state index in [2.05, 4.69) is 25.2 Å². The third kappa shape index (κ3) is 4.02. The molecule has 0 spiro atoms. The van der Waals surface area contributed by atoms with Crippen LogP contribution in [0.2, 0.25) is 0 Å². The molecule has 1 unspecified atom stereocenters. The molecule has 1 heterocycles. The number of nitrogens with one attached hydrogen (secondary N) is 1. The highest BCUT2D eigenvalue weighted by Gasteiger charge is 2.38. The van der Waals surface area contributed by atoms with Gasteiger partial charge < -0.3 is 14.6 Å². The molecule has 1 aromatic carbocycles. The lowest BCUT2D eigenvalue weighted by atomic mass is 9.75. The average molecular weight is 370 g/mol. The Morgan fingerprint density at radius 2 is 2.00 bits per heavy atom. The first-order valence-corrected chi connectivity index (χ1v) is 9.71.